The van der Waals surface area contributed by atoms with E-state index in [1.807, 2.05) is 30.3 Å². The third kappa shape index (κ3) is 6.65. The summed E-state index contributed by atoms with van der Waals surface area (Å²) in [6.07, 6.45) is 7.99. The molecule has 5 aromatic rings. The number of ether oxygens (including phenoxy) is 2. The summed E-state index contributed by atoms with van der Waals surface area (Å²) < 4.78 is 16.3. The fraction of sp³-hybridized carbons (Fsp3) is 0.200. The van der Waals surface area contributed by atoms with Crippen LogP contribution in [0.2, 0.25) is 0 Å². The molecule has 0 N–H and O–H groups in total. The van der Waals surface area contributed by atoms with Gasteiger partial charge in [-0.15, -0.1) is 0 Å². The lowest BCUT2D eigenvalue weighted by molar-refractivity contribution is -0.476. The van der Waals surface area contributed by atoms with Crippen molar-refractivity contribution in [2.45, 2.75) is 40.0 Å². The second-order valence-corrected chi connectivity index (χ2v) is 11.4. The van der Waals surface area contributed by atoms with Crippen LogP contribution in [0.15, 0.2) is 115 Å². The largest absolute Gasteiger partial charge is 0.435 e. The Morgan fingerprint density at radius 3 is 1.61 bits per heavy atom. The van der Waals surface area contributed by atoms with E-state index in [2.05, 4.69) is 127 Å². The highest BCUT2D eigenvalue weighted by Gasteiger charge is 2.22. The summed E-state index contributed by atoms with van der Waals surface area (Å²) in [7, 11) is 0. The summed E-state index contributed by atoms with van der Waals surface area (Å²) in [6, 6.07) is 40.1. The average molecular weight is 581 g/mol. The summed E-state index contributed by atoms with van der Waals surface area (Å²) >= 11 is 0. The van der Waals surface area contributed by atoms with Crippen LogP contribution >= 0.6 is 0 Å². The number of rotatable bonds is 6. The van der Waals surface area contributed by atoms with E-state index in [-0.39, 0.29) is 0 Å². The third-order valence-electron chi connectivity index (χ3n) is 8.05. The molecule has 0 unspecified atom stereocenters. The molecule has 5 aromatic carbocycles. The normalized spacial score (nSPS) is 13.2. The Bertz CT molecular complexity index is 1790. The molecule has 0 saturated carbocycles. The van der Waals surface area contributed by atoms with Gasteiger partial charge in [0.2, 0.25) is 11.4 Å². The molecule has 0 amide bonds. The molecule has 0 radical (unpaired) electrons. The maximum absolute atomic E-state index is 6.01. The Hall–Kier alpha value is -4.96. The number of unbranched alkanes of at least 4 members (excludes halogenated alkanes) is 1. The second-order valence-electron chi connectivity index (χ2n) is 11.4. The Morgan fingerprint density at radius 1 is 0.568 bits per heavy atom. The highest BCUT2D eigenvalue weighted by molar-refractivity contribution is 5.86. The lowest BCUT2D eigenvalue weighted by Crippen LogP contribution is -2.21. The van der Waals surface area contributed by atoms with Gasteiger partial charge in [-0.05, 0) is 72.7 Å². The topological polar surface area (TPSA) is 24.5 Å². The van der Waals surface area contributed by atoms with Gasteiger partial charge in [0.25, 0.3) is 13.5 Å². The van der Waals surface area contributed by atoms with Gasteiger partial charge in [0.05, 0.1) is 11.1 Å². The minimum Gasteiger partial charge on any atom is -0.435 e. The van der Waals surface area contributed by atoms with Crippen molar-refractivity contribution in [3.05, 3.63) is 143 Å². The molecule has 220 valence electrons. The summed E-state index contributed by atoms with van der Waals surface area (Å²) in [5.41, 5.74) is 10.9. The highest BCUT2D eigenvalue weighted by atomic mass is 16.5. The van der Waals surface area contributed by atoms with Gasteiger partial charge in [-0.25, -0.2) is 0 Å². The molecule has 2 heterocycles. The van der Waals surface area contributed by atoms with Crippen LogP contribution in [0.5, 0.6) is 11.5 Å². The Kier molecular flexibility index (Phi) is 8.98. The van der Waals surface area contributed by atoms with E-state index < -0.39 is 0 Å². The van der Waals surface area contributed by atoms with Crippen LogP contribution in [0.3, 0.4) is 0 Å². The van der Waals surface area contributed by atoms with E-state index in [0.717, 1.165) is 29.2 Å². The third-order valence-corrected chi connectivity index (χ3v) is 8.05. The number of para-hydroxylation sites is 2. The predicted molar refractivity (Wildman–Crippen MR) is 180 cm³/mol. The zero-order chi connectivity index (χ0) is 30.3. The van der Waals surface area contributed by atoms with Crippen molar-refractivity contribution < 1.29 is 18.6 Å². The SMILES string of the molecule is CCCCc1cc(C)c2c(c1)C=[N+](c1ccccc1)CO2.Cc1cc(-c2ccccc2)cc2c1OC[N+](c1ccccc1)=C2. The Balaban J connectivity index is 0.000000157. The van der Waals surface area contributed by atoms with Crippen LogP contribution in [0.4, 0.5) is 11.4 Å². The monoisotopic (exact) mass is 580 g/mol. The van der Waals surface area contributed by atoms with Gasteiger partial charge < -0.3 is 9.47 Å². The molecule has 0 fully saturated rings. The van der Waals surface area contributed by atoms with Crippen LogP contribution in [-0.4, -0.2) is 35.0 Å². The van der Waals surface area contributed by atoms with Gasteiger partial charge in [-0.2, -0.15) is 9.15 Å². The molecular formula is C40H40N2O2+2. The first-order valence-electron chi connectivity index (χ1n) is 15.5. The molecule has 44 heavy (non-hydrogen) atoms. The first-order valence-corrected chi connectivity index (χ1v) is 15.5. The van der Waals surface area contributed by atoms with Gasteiger partial charge in [0.15, 0.2) is 12.4 Å². The van der Waals surface area contributed by atoms with Crippen LogP contribution < -0.4 is 9.47 Å². The van der Waals surface area contributed by atoms with E-state index in [1.165, 1.54) is 51.9 Å². The lowest BCUT2D eigenvalue weighted by atomic mass is 9.99. The molecular weight excluding hydrogens is 540 g/mol. The van der Waals surface area contributed by atoms with Crippen molar-refractivity contribution in [1.29, 1.82) is 0 Å². The zero-order valence-corrected chi connectivity index (χ0v) is 25.9. The quantitative estimate of drug-likeness (QED) is 0.187. The average Bonchev–Trinajstić information content (AvgIpc) is 3.08. The molecule has 0 atom stereocenters. The molecule has 7 rings (SSSR count). The standard InChI is InChI=1S/C21H18NO.C19H22NO/c1-16-12-18(17-8-4-2-5-9-17)13-19-14-22(15-23-21(16)19)20-10-6-3-7-11-20;1-3-4-8-16-11-15(2)19-17(12-16)13-20(14-21-19)18-9-6-5-7-10-18/h2-14H,15H2,1H3;5-7,9-13H,3-4,8,14H2,1-2H3/q2*+1. The molecule has 0 saturated heterocycles. The van der Waals surface area contributed by atoms with E-state index in [9.17, 15) is 0 Å². The molecule has 2 aliphatic heterocycles. The highest BCUT2D eigenvalue weighted by Crippen LogP contribution is 2.32. The second kappa shape index (κ2) is 13.6. The van der Waals surface area contributed by atoms with Crippen molar-refractivity contribution in [2.24, 2.45) is 0 Å². The van der Waals surface area contributed by atoms with Gasteiger partial charge in [0, 0.05) is 24.3 Å². The summed E-state index contributed by atoms with van der Waals surface area (Å²) in [5.74, 6) is 2.01. The number of benzene rings is 5. The van der Waals surface area contributed by atoms with Gasteiger partial charge in [-0.1, -0.05) is 86.1 Å². The lowest BCUT2D eigenvalue weighted by Gasteiger charge is -2.17. The Labute approximate surface area is 261 Å². The van der Waals surface area contributed by atoms with Gasteiger partial charge >= 0.3 is 0 Å². The molecule has 0 bridgehead atoms. The van der Waals surface area contributed by atoms with Crippen molar-refractivity contribution in [2.75, 3.05) is 13.5 Å². The number of fused-ring (bicyclic) bond motifs is 2. The fourth-order valence-electron chi connectivity index (χ4n) is 5.80. The van der Waals surface area contributed by atoms with Crippen molar-refractivity contribution in [1.82, 2.24) is 0 Å². The fourth-order valence-corrected chi connectivity index (χ4v) is 5.80. The summed E-state index contributed by atoms with van der Waals surface area (Å²) in [4.78, 5) is 0. The minimum absolute atomic E-state index is 0.544. The van der Waals surface area contributed by atoms with Crippen LogP contribution in [0.25, 0.3) is 11.1 Å². The molecule has 4 nitrogen and oxygen atoms in total. The molecule has 2 aliphatic rings. The van der Waals surface area contributed by atoms with Crippen molar-refractivity contribution in [3.8, 4) is 22.6 Å². The van der Waals surface area contributed by atoms with E-state index in [0.29, 0.717) is 13.5 Å². The molecule has 4 heteroatoms. The first-order chi connectivity index (χ1) is 21.6. The van der Waals surface area contributed by atoms with Crippen molar-refractivity contribution >= 4 is 23.8 Å². The maximum atomic E-state index is 6.01. The maximum Gasteiger partial charge on any atom is 0.292 e. The van der Waals surface area contributed by atoms with Crippen LogP contribution in [-0.2, 0) is 6.42 Å². The molecule has 0 aliphatic carbocycles. The summed E-state index contributed by atoms with van der Waals surface area (Å²) in [5, 5.41) is 0. The zero-order valence-electron chi connectivity index (χ0n) is 25.9. The molecule has 0 spiro atoms. The minimum atomic E-state index is 0.544. The van der Waals surface area contributed by atoms with Crippen LogP contribution in [0, 0.1) is 13.8 Å². The molecule has 0 aromatic heterocycles. The van der Waals surface area contributed by atoms with E-state index >= 15 is 0 Å². The number of hydrogen-bond acceptors (Lipinski definition) is 2. The smallest absolute Gasteiger partial charge is 0.292 e. The van der Waals surface area contributed by atoms with Crippen LogP contribution in [0.1, 0.15) is 47.6 Å². The predicted octanol–water partition coefficient (Wildman–Crippen LogP) is 9.23. The van der Waals surface area contributed by atoms with E-state index in [1.54, 1.807) is 0 Å². The van der Waals surface area contributed by atoms with Gasteiger partial charge in [0.1, 0.15) is 11.5 Å². The van der Waals surface area contributed by atoms with E-state index in [4.69, 9.17) is 9.47 Å². The van der Waals surface area contributed by atoms with Gasteiger partial charge in [-0.3, -0.25) is 0 Å². The number of aryl methyl sites for hydroxylation is 3. The first kappa shape index (κ1) is 29.1. The number of hydrogen-bond donors (Lipinski definition) is 0. The summed E-state index contributed by atoms with van der Waals surface area (Å²) in [6.45, 7) is 7.60. The number of nitrogens with zero attached hydrogens (tertiary/aromatic N) is 2. The van der Waals surface area contributed by atoms with Crippen molar-refractivity contribution in [3.63, 3.8) is 0 Å². The Morgan fingerprint density at radius 2 is 1.07 bits per heavy atom.